The Balaban J connectivity index is 1.71. The summed E-state index contributed by atoms with van der Waals surface area (Å²) in [5.41, 5.74) is 3.78. The lowest BCUT2D eigenvalue weighted by Crippen LogP contribution is -2.68. The van der Waals surface area contributed by atoms with E-state index in [1.54, 1.807) is 7.11 Å². The minimum Gasteiger partial charge on any atom is -0.496 e. The molecule has 1 atom stereocenters. The number of ether oxygens (including phenoxy) is 1. The third kappa shape index (κ3) is 2.78. The number of amides is 1. The summed E-state index contributed by atoms with van der Waals surface area (Å²) < 4.78 is 5.70. The molecule has 0 radical (unpaired) electrons. The summed E-state index contributed by atoms with van der Waals surface area (Å²) in [5, 5.41) is 5.66. The highest BCUT2D eigenvalue weighted by atomic mass is 16.5. The van der Waals surface area contributed by atoms with E-state index in [1.807, 2.05) is 18.2 Å². The van der Waals surface area contributed by atoms with Gasteiger partial charge in [0.05, 0.1) is 7.11 Å². The van der Waals surface area contributed by atoms with Crippen molar-refractivity contribution in [1.82, 2.24) is 5.32 Å². The number of aryl methyl sites for hydroxylation is 1. The summed E-state index contributed by atoms with van der Waals surface area (Å²) in [6.45, 7) is 7.27. The molecule has 2 aliphatic heterocycles. The lowest BCUT2D eigenvalue weighted by Gasteiger charge is -2.49. The van der Waals surface area contributed by atoms with E-state index in [2.05, 4.69) is 79.5 Å². The first kappa shape index (κ1) is 19.7. The van der Waals surface area contributed by atoms with Crippen molar-refractivity contribution >= 4 is 28.4 Å². The van der Waals surface area contributed by atoms with Gasteiger partial charge in [-0.05, 0) is 41.5 Å². The average molecular weight is 413 g/mol. The van der Waals surface area contributed by atoms with Crippen LogP contribution in [-0.4, -0.2) is 25.2 Å². The fourth-order valence-electron chi connectivity index (χ4n) is 5.30. The van der Waals surface area contributed by atoms with Crippen LogP contribution in [0.2, 0.25) is 0 Å². The highest BCUT2D eigenvalue weighted by molar-refractivity contribution is 5.94. The fourth-order valence-corrected chi connectivity index (χ4v) is 5.30. The summed E-state index contributed by atoms with van der Waals surface area (Å²) in [6.07, 6.45) is 4.79. The molecular weight excluding hydrogens is 384 g/mol. The number of carbonyl (C=O) groups is 1. The fraction of sp³-hybridized carbons (Fsp3) is 0.296. The van der Waals surface area contributed by atoms with Crippen LogP contribution in [0.5, 0.6) is 5.75 Å². The molecule has 0 saturated carbocycles. The van der Waals surface area contributed by atoms with Gasteiger partial charge in [0.1, 0.15) is 11.4 Å². The number of hydrogen-bond acceptors (Lipinski definition) is 3. The molecule has 158 valence electrons. The van der Waals surface area contributed by atoms with E-state index in [4.69, 9.17) is 4.74 Å². The predicted octanol–water partition coefficient (Wildman–Crippen LogP) is 5.18. The van der Waals surface area contributed by atoms with Gasteiger partial charge in [-0.3, -0.25) is 4.79 Å². The van der Waals surface area contributed by atoms with Crippen molar-refractivity contribution in [3.63, 3.8) is 0 Å². The van der Waals surface area contributed by atoms with Crippen LogP contribution < -0.4 is 15.0 Å². The summed E-state index contributed by atoms with van der Waals surface area (Å²) in [7, 11) is 1.70. The van der Waals surface area contributed by atoms with Crippen molar-refractivity contribution in [2.75, 3.05) is 18.6 Å². The quantitative estimate of drug-likeness (QED) is 0.644. The van der Waals surface area contributed by atoms with Gasteiger partial charge in [0.25, 0.3) is 0 Å². The van der Waals surface area contributed by atoms with Gasteiger partial charge in [-0.1, -0.05) is 68.0 Å². The highest BCUT2D eigenvalue weighted by Gasteiger charge is 2.57. The van der Waals surface area contributed by atoms with Crippen LogP contribution in [0.4, 0.5) is 5.69 Å². The van der Waals surface area contributed by atoms with Crippen LogP contribution in [-0.2, 0) is 10.2 Å². The van der Waals surface area contributed by atoms with Crippen LogP contribution in [0.15, 0.2) is 60.7 Å². The van der Waals surface area contributed by atoms with E-state index in [9.17, 15) is 4.79 Å². The van der Waals surface area contributed by atoms with Crippen LogP contribution in [0.25, 0.3) is 16.8 Å². The second kappa shape index (κ2) is 6.88. The molecule has 2 heterocycles. The van der Waals surface area contributed by atoms with Gasteiger partial charge >= 0.3 is 0 Å². The van der Waals surface area contributed by atoms with Crippen molar-refractivity contribution in [3.05, 3.63) is 77.4 Å². The molecular formula is C27H28N2O2. The Kier molecular flexibility index (Phi) is 4.37. The first-order chi connectivity index (χ1) is 14.9. The van der Waals surface area contributed by atoms with Gasteiger partial charge in [-0.2, -0.15) is 0 Å². The number of carbonyl (C=O) groups excluding carboxylic acids is 1. The monoisotopic (exact) mass is 412 g/mol. The molecule has 5 rings (SSSR count). The Morgan fingerprint density at radius 2 is 1.90 bits per heavy atom. The second-order valence-electron chi connectivity index (χ2n) is 9.10. The molecule has 4 nitrogen and oxygen atoms in total. The Labute approximate surface area is 183 Å². The molecule has 3 aromatic rings. The van der Waals surface area contributed by atoms with Crippen molar-refractivity contribution in [2.45, 2.75) is 38.3 Å². The lowest BCUT2D eigenvalue weighted by molar-refractivity contribution is -0.124. The maximum atomic E-state index is 12.7. The second-order valence-corrected chi connectivity index (χ2v) is 9.10. The standard InChI is InChI=1S/C27H28N2O2/c1-18-9-11-23-22(17-18)26(2,3)27(28-25(30)14-16-29(23)27)15-13-21-20-8-6-5-7-19(20)10-12-24(21)31-4/h5-13,15,17H,14,16H2,1-4H3,(H,28,30)/b15-13+/t27-/m0/s1. The molecule has 0 spiro atoms. The van der Waals surface area contributed by atoms with Gasteiger partial charge < -0.3 is 15.0 Å². The number of rotatable bonds is 3. The number of fused-ring (bicyclic) bond motifs is 4. The SMILES string of the molecule is COc1ccc2ccccc2c1/C=C/[C@]12NC(=O)CCN1c1ccc(C)cc1C2(C)C. The third-order valence-corrected chi connectivity index (χ3v) is 7.03. The van der Waals surface area contributed by atoms with E-state index in [0.29, 0.717) is 13.0 Å². The van der Waals surface area contributed by atoms with Gasteiger partial charge in [0.2, 0.25) is 5.91 Å². The van der Waals surface area contributed by atoms with Crippen LogP contribution in [0.1, 0.15) is 37.0 Å². The van der Waals surface area contributed by atoms with Gasteiger partial charge in [0, 0.05) is 29.6 Å². The largest absolute Gasteiger partial charge is 0.496 e. The van der Waals surface area contributed by atoms with Crippen molar-refractivity contribution in [3.8, 4) is 5.75 Å². The zero-order valence-electron chi connectivity index (χ0n) is 18.5. The summed E-state index contributed by atoms with van der Waals surface area (Å²) in [5.74, 6) is 0.910. The number of nitrogens with one attached hydrogen (secondary N) is 1. The van der Waals surface area contributed by atoms with Crippen molar-refractivity contribution in [2.24, 2.45) is 0 Å². The Bertz CT molecular complexity index is 1230. The smallest absolute Gasteiger partial charge is 0.223 e. The third-order valence-electron chi connectivity index (χ3n) is 7.03. The molecule has 1 amide bonds. The van der Waals surface area contributed by atoms with Crippen LogP contribution in [0.3, 0.4) is 0 Å². The van der Waals surface area contributed by atoms with E-state index in [1.165, 1.54) is 16.8 Å². The molecule has 0 aliphatic carbocycles. The van der Waals surface area contributed by atoms with Crippen LogP contribution in [0, 0.1) is 6.92 Å². The van der Waals surface area contributed by atoms with Gasteiger partial charge in [-0.15, -0.1) is 0 Å². The number of anilines is 1. The zero-order valence-corrected chi connectivity index (χ0v) is 18.5. The van der Waals surface area contributed by atoms with Gasteiger partial charge in [0.15, 0.2) is 0 Å². The number of nitrogens with zero attached hydrogens (tertiary/aromatic N) is 1. The molecule has 4 heteroatoms. The van der Waals surface area contributed by atoms with E-state index in [-0.39, 0.29) is 11.3 Å². The van der Waals surface area contributed by atoms with Crippen molar-refractivity contribution < 1.29 is 9.53 Å². The maximum absolute atomic E-state index is 12.7. The van der Waals surface area contributed by atoms with E-state index in [0.717, 1.165) is 22.1 Å². The minimum absolute atomic E-state index is 0.0865. The number of methoxy groups -OCH3 is 1. The summed E-state index contributed by atoms with van der Waals surface area (Å²) in [6, 6.07) is 19.0. The highest BCUT2D eigenvalue weighted by Crippen LogP contribution is 2.52. The molecule has 2 aliphatic rings. The molecule has 0 bridgehead atoms. The molecule has 0 unspecified atom stereocenters. The Hall–Kier alpha value is -3.27. The number of hydrogen-bond donors (Lipinski definition) is 1. The molecule has 3 aromatic carbocycles. The first-order valence-corrected chi connectivity index (χ1v) is 10.8. The first-order valence-electron chi connectivity index (χ1n) is 10.8. The topological polar surface area (TPSA) is 41.6 Å². The molecule has 31 heavy (non-hydrogen) atoms. The normalized spacial score (nSPS) is 21.8. The minimum atomic E-state index is -0.638. The molecule has 0 aromatic heterocycles. The molecule has 1 N–H and O–H groups in total. The zero-order chi connectivity index (χ0) is 21.8. The lowest BCUT2D eigenvalue weighted by atomic mass is 9.74. The maximum Gasteiger partial charge on any atom is 0.223 e. The Morgan fingerprint density at radius 1 is 1.10 bits per heavy atom. The average Bonchev–Trinajstić information content (AvgIpc) is 2.95. The summed E-state index contributed by atoms with van der Waals surface area (Å²) in [4.78, 5) is 15.0. The van der Waals surface area contributed by atoms with E-state index >= 15 is 0 Å². The Morgan fingerprint density at radius 3 is 2.71 bits per heavy atom. The predicted molar refractivity (Wildman–Crippen MR) is 127 cm³/mol. The van der Waals surface area contributed by atoms with Crippen LogP contribution >= 0.6 is 0 Å². The number of benzene rings is 3. The van der Waals surface area contributed by atoms with Gasteiger partial charge in [-0.25, -0.2) is 0 Å². The molecule has 1 fully saturated rings. The summed E-state index contributed by atoms with van der Waals surface area (Å²) >= 11 is 0. The van der Waals surface area contributed by atoms with Crippen molar-refractivity contribution in [1.29, 1.82) is 0 Å². The molecule has 1 saturated heterocycles. The van der Waals surface area contributed by atoms with E-state index < -0.39 is 5.66 Å².